The van der Waals surface area contributed by atoms with Crippen molar-refractivity contribution >= 4 is 11.9 Å². The van der Waals surface area contributed by atoms with Gasteiger partial charge in [-0.25, -0.2) is 0 Å². The standard InChI is InChI=1S/C14H22F3NO3/c1-9(2)7-18(8-14(15,16)17)12(19)10-5-3-4-6-11(10)13(20)21/h9-11H,3-8H2,1-2H3,(H,20,21). The minimum absolute atomic E-state index is 0.0127. The molecule has 1 amide bonds. The van der Waals surface area contributed by atoms with Crippen molar-refractivity contribution in [2.75, 3.05) is 13.1 Å². The lowest BCUT2D eigenvalue weighted by atomic mass is 9.78. The molecule has 0 radical (unpaired) electrons. The Morgan fingerprint density at radius 3 is 2.14 bits per heavy atom. The Labute approximate surface area is 122 Å². The minimum Gasteiger partial charge on any atom is -0.481 e. The highest BCUT2D eigenvalue weighted by Gasteiger charge is 2.41. The molecule has 4 nitrogen and oxygen atoms in total. The van der Waals surface area contributed by atoms with Crippen molar-refractivity contribution in [3.8, 4) is 0 Å². The molecule has 7 heteroatoms. The quantitative estimate of drug-likeness (QED) is 0.849. The molecular formula is C14H22F3NO3. The van der Waals surface area contributed by atoms with Crippen LogP contribution in [-0.4, -0.2) is 41.1 Å². The first-order valence-corrected chi connectivity index (χ1v) is 7.20. The number of carbonyl (C=O) groups is 2. The number of halogens is 3. The average Bonchev–Trinajstić information content (AvgIpc) is 2.34. The lowest BCUT2D eigenvalue weighted by Crippen LogP contribution is -2.47. The van der Waals surface area contributed by atoms with Crippen molar-refractivity contribution in [1.29, 1.82) is 0 Å². The summed E-state index contributed by atoms with van der Waals surface area (Å²) >= 11 is 0. The van der Waals surface area contributed by atoms with Gasteiger partial charge in [0.25, 0.3) is 0 Å². The summed E-state index contributed by atoms with van der Waals surface area (Å²) in [6, 6.07) is 0. The second-order valence-corrected chi connectivity index (χ2v) is 6.06. The van der Waals surface area contributed by atoms with Gasteiger partial charge >= 0.3 is 12.1 Å². The largest absolute Gasteiger partial charge is 0.481 e. The van der Waals surface area contributed by atoms with Crippen molar-refractivity contribution in [3.63, 3.8) is 0 Å². The van der Waals surface area contributed by atoms with Crippen LogP contribution >= 0.6 is 0 Å². The van der Waals surface area contributed by atoms with Gasteiger partial charge in [0.2, 0.25) is 5.91 Å². The van der Waals surface area contributed by atoms with E-state index < -0.39 is 36.4 Å². The van der Waals surface area contributed by atoms with Crippen LogP contribution in [0.15, 0.2) is 0 Å². The topological polar surface area (TPSA) is 57.6 Å². The van der Waals surface area contributed by atoms with Crippen molar-refractivity contribution in [3.05, 3.63) is 0 Å². The van der Waals surface area contributed by atoms with Crippen LogP contribution in [0, 0.1) is 17.8 Å². The number of carbonyl (C=O) groups excluding carboxylic acids is 1. The van der Waals surface area contributed by atoms with Gasteiger partial charge in [-0.3, -0.25) is 9.59 Å². The van der Waals surface area contributed by atoms with Crippen LogP contribution in [0.1, 0.15) is 39.5 Å². The summed E-state index contributed by atoms with van der Waals surface area (Å²) < 4.78 is 37.9. The number of hydrogen-bond donors (Lipinski definition) is 1. The monoisotopic (exact) mass is 309 g/mol. The van der Waals surface area contributed by atoms with Gasteiger partial charge in [-0.05, 0) is 18.8 Å². The van der Waals surface area contributed by atoms with Gasteiger partial charge in [0.1, 0.15) is 6.54 Å². The Hall–Kier alpha value is -1.27. The van der Waals surface area contributed by atoms with Crippen LogP contribution in [0.5, 0.6) is 0 Å². The molecule has 0 aromatic rings. The number of alkyl halides is 3. The first-order valence-electron chi connectivity index (χ1n) is 7.20. The van der Waals surface area contributed by atoms with Gasteiger partial charge in [0.15, 0.2) is 0 Å². The molecule has 21 heavy (non-hydrogen) atoms. The normalized spacial score (nSPS) is 23.1. The highest BCUT2D eigenvalue weighted by Crippen LogP contribution is 2.32. The summed E-state index contributed by atoms with van der Waals surface area (Å²) in [4.78, 5) is 24.4. The van der Waals surface area contributed by atoms with Crippen molar-refractivity contribution in [2.45, 2.75) is 45.7 Å². The molecule has 1 aliphatic rings. The Morgan fingerprint density at radius 2 is 1.71 bits per heavy atom. The predicted molar refractivity (Wildman–Crippen MR) is 70.6 cm³/mol. The van der Waals surface area contributed by atoms with Crippen LogP contribution in [0.4, 0.5) is 13.2 Å². The zero-order chi connectivity index (χ0) is 16.2. The molecule has 0 heterocycles. The molecule has 0 aromatic carbocycles. The van der Waals surface area contributed by atoms with Crippen molar-refractivity contribution in [2.24, 2.45) is 17.8 Å². The van der Waals surface area contributed by atoms with Crippen LogP contribution in [0.25, 0.3) is 0 Å². The van der Waals surface area contributed by atoms with Crippen LogP contribution in [0.3, 0.4) is 0 Å². The number of carboxylic acid groups (broad SMARTS) is 1. The van der Waals surface area contributed by atoms with Crippen molar-refractivity contribution in [1.82, 2.24) is 4.90 Å². The zero-order valence-corrected chi connectivity index (χ0v) is 12.3. The fraction of sp³-hybridized carbons (Fsp3) is 0.857. The van der Waals surface area contributed by atoms with E-state index in [1.54, 1.807) is 13.8 Å². The second-order valence-electron chi connectivity index (χ2n) is 6.06. The zero-order valence-electron chi connectivity index (χ0n) is 12.3. The Morgan fingerprint density at radius 1 is 1.19 bits per heavy atom. The van der Waals surface area contributed by atoms with E-state index in [-0.39, 0.29) is 12.5 Å². The second kappa shape index (κ2) is 7.13. The summed E-state index contributed by atoms with van der Waals surface area (Å²) in [6.07, 6.45) is -2.39. The fourth-order valence-corrected chi connectivity index (χ4v) is 2.85. The van der Waals surface area contributed by atoms with E-state index in [2.05, 4.69) is 0 Å². The Kier molecular flexibility index (Phi) is 6.04. The first kappa shape index (κ1) is 17.8. The van der Waals surface area contributed by atoms with Gasteiger partial charge < -0.3 is 10.0 Å². The Balaban J connectivity index is 2.88. The van der Waals surface area contributed by atoms with E-state index in [0.29, 0.717) is 25.7 Å². The fourth-order valence-electron chi connectivity index (χ4n) is 2.85. The lowest BCUT2D eigenvalue weighted by Gasteiger charge is -2.34. The van der Waals surface area contributed by atoms with Gasteiger partial charge in [0.05, 0.1) is 11.8 Å². The molecule has 1 N–H and O–H groups in total. The summed E-state index contributed by atoms with van der Waals surface area (Å²) in [5, 5.41) is 9.16. The summed E-state index contributed by atoms with van der Waals surface area (Å²) in [7, 11) is 0. The van der Waals surface area contributed by atoms with E-state index >= 15 is 0 Å². The first-order chi connectivity index (χ1) is 9.61. The molecule has 0 aliphatic heterocycles. The third kappa shape index (κ3) is 5.55. The maximum atomic E-state index is 12.6. The molecule has 1 aliphatic carbocycles. The molecule has 2 atom stereocenters. The number of aliphatic carboxylic acids is 1. The third-order valence-electron chi connectivity index (χ3n) is 3.67. The molecule has 0 bridgehead atoms. The van der Waals surface area contributed by atoms with E-state index in [4.69, 9.17) is 5.11 Å². The molecular weight excluding hydrogens is 287 g/mol. The van der Waals surface area contributed by atoms with Crippen LogP contribution in [0.2, 0.25) is 0 Å². The average molecular weight is 309 g/mol. The molecule has 0 spiro atoms. The van der Waals surface area contributed by atoms with Crippen LogP contribution < -0.4 is 0 Å². The summed E-state index contributed by atoms with van der Waals surface area (Å²) in [6.45, 7) is 2.13. The molecule has 1 rings (SSSR count). The molecule has 1 fully saturated rings. The SMILES string of the molecule is CC(C)CN(CC(F)(F)F)C(=O)C1CCCCC1C(=O)O. The number of carboxylic acids is 1. The molecule has 2 unspecified atom stereocenters. The van der Waals surface area contributed by atoms with Gasteiger partial charge in [-0.15, -0.1) is 0 Å². The van der Waals surface area contributed by atoms with Gasteiger partial charge in [0, 0.05) is 6.54 Å². The van der Waals surface area contributed by atoms with Crippen LogP contribution in [-0.2, 0) is 9.59 Å². The maximum absolute atomic E-state index is 12.6. The lowest BCUT2D eigenvalue weighted by molar-refractivity contribution is -0.168. The molecule has 1 saturated carbocycles. The van der Waals surface area contributed by atoms with E-state index in [0.717, 1.165) is 4.90 Å². The predicted octanol–water partition coefficient (Wildman–Crippen LogP) is 2.92. The Bertz CT molecular complexity index is 382. The highest BCUT2D eigenvalue weighted by molar-refractivity contribution is 5.85. The molecule has 0 aromatic heterocycles. The number of rotatable bonds is 5. The molecule has 122 valence electrons. The van der Waals surface area contributed by atoms with E-state index in [9.17, 15) is 22.8 Å². The summed E-state index contributed by atoms with van der Waals surface area (Å²) in [5.41, 5.74) is 0. The van der Waals surface area contributed by atoms with Gasteiger partial charge in [-0.1, -0.05) is 26.7 Å². The number of hydrogen-bond acceptors (Lipinski definition) is 2. The van der Waals surface area contributed by atoms with E-state index in [1.165, 1.54) is 0 Å². The maximum Gasteiger partial charge on any atom is 0.406 e. The highest BCUT2D eigenvalue weighted by atomic mass is 19.4. The summed E-state index contributed by atoms with van der Waals surface area (Å²) in [5.74, 6) is -3.58. The molecule has 0 saturated heterocycles. The third-order valence-corrected chi connectivity index (χ3v) is 3.67. The smallest absolute Gasteiger partial charge is 0.406 e. The number of amides is 1. The van der Waals surface area contributed by atoms with Gasteiger partial charge in [-0.2, -0.15) is 13.2 Å². The van der Waals surface area contributed by atoms with Crippen molar-refractivity contribution < 1.29 is 27.9 Å². The minimum atomic E-state index is -4.47. The van der Waals surface area contributed by atoms with E-state index in [1.807, 2.05) is 0 Å². The number of nitrogens with zero attached hydrogens (tertiary/aromatic N) is 1.